The molecule has 0 saturated carbocycles. The maximum absolute atomic E-state index is 11.8. The van der Waals surface area contributed by atoms with Gasteiger partial charge < -0.3 is 15.3 Å². The summed E-state index contributed by atoms with van der Waals surface area (Å²) in [5.74, 6) is -0.813. The van der Waals surface area contributed by atoms with Crippen LogP contribution in [0.2, 0.25) is 0 Å². The van der Waals surface area contributed by atoms with E-state index in [9.17, 15) is 9.59 Å². The normalized spacial score (nSPS) is 10.3. The van der Waals surface area contributed by atoms with Gasteiger partial charge in [0.2, 0.25) is 11.0 Å². The Morgan fingerprint density at radius 3 is 2.65 bits per heavy atom. The second-order valence-corrected chi connectivity index (χ2v) is 6.00. The topological polar surface area (TPSA) is 95.4 Å². The summed E-state index contributed by atoms with van der Waals surface area (Å²) in [7, 11) is 0. The molecule has 0 aromatic carbocycles. The molecule has 9 heteroatoms. The highest BCUT2D eigenvalue weighted by molar-refractivity contribution is 8.01. The second-order valence-electron chi connectivity index (χ2n) is 3.80. The monoisotopic (exact) mass is 318 g/mol. The quantitative estimate of drug-likeness (QED) is 0.664. The lowest BCUT2D eigenvalue weighted by atomic mass is 10.3. The Morgan fingerprint density at radius 2 is 2.05 bits per heavy atom. The van der Waals surface area contributed by atoms with Crippen molar-refractivity contribution in [3.05, 3.63) is 0 Å². The van der Waals surface area contributed by atoms with Crippen LogP contribution in [0.4, 0.5) is 5.13 Å². The summed E-state index contributed by atoms with van der Waals surface area (Å²) < 4.78 is 0.602. The Kier molecular flexibility index (Phi) is 7.31. The van der Waals surface area contributed by atoms with Gasteiger partial charge in [0.25, 0.3) is 0 Å². The van der Waals surface area contributed by atoms with Crippen LogP contribution in [-0.2, 0) is 9.59 Å². The predicted molar refractivity (Wildman–Crippen MR) is 79.3 cm³/mol. The molecule has 0 bridgehead atoms. The first-order valence-corrected chi connectivity index (χ1v) is 8.06. The number of hydrogen-bond donors (Lipinski definition) is 2. The van der Waals surface area contributed by atoms with E-state index in [0.717, 1.165) is 11.8 Å². The van der Waals surface area contributed by atoms with E-state index in [4.69, 9.17) is 5.11 Å². The molecule has 0 aliphatic rings. The Morgan fingerprint density at radius 1 is 1.35 bits per heavy atom. The molecule has 0 unspecified atom stereocenters. The van der Waals surface area contributed by atoms with Crippen molar-refractivity contribution in [3.8, 4) is 0 Å². The number of amides is 1. The highest BCUT2D eigenvalue weighted by atomic mass is 32.2. The first-order chi connectivity index (χ1) is 9.56. The van der Waals surface area contributed by atoms with Crippen molar-refractivity contribution in [2.45, 2.75) is 24.6 Å². The highest BCUT2D eigenvalue weighted by Crippen LogP contribution is 2.25. The van der Waals surface area contributed by atoms with Gasteiger partial charge in [-0.05, 0) is 13.8 Å². The molecule has 7 nitrogen and oxygen atoms in total. The molecule has 1 aromatic heterocycles. The maximum Gasteiger partial charge on any atom is 0.313 e. The van der Waals surface area contributed by atoms with Crippen LogP contribution < -0.4 is 5.32 Å². The standard InChI is InChI=1S/C11H18N4O3S2/c1-3-15(4-2)8(16)5-6-12-10-13-14-11(20-10)19-7-9(17)18/h3-7H2,1-2H3,(H,12,13)(H,17,18). The zero-order valence-electron chi connectivity index (χ0n) is 11.5. The maximum atomic E-state index is 11.8. The van der Waals surface area contributed by atoms with Gasteiger partial charge in [-0.25, -0.2) is 0 Å². The van der Waals surface area contributed by atoms with Crippen LogP contribution in [0, 0.1) is 0 Å². The Balaban J connectivity index is 2.32. The van der Waals surface area contributed by atoms with Crippen molar-refractivity contribution < 1.29 is 14.7 Å². The van der Waals surface area contributed by atoms with E-state index >= 15 is 0 Å². The van der Waals surface area contributed by atoms with E-state index < -0.39 is 5.97 Å². The first-order valence-electron chi connectivity index (χ1n) is 6.26. The second kappa shape index (κ2) is 8.75. The number of anilines is 1. The molecular formula is C11H18N4O3S2. The zero-order chi connectivity index (χ0) is 15.0. The Hall–Kier alpha value is -1.35. The van der Waals surface area contributed by atoms with Gasteiger partial charge in [-0.3, -0.25) is 9.59 Å². The van der Waals surface area contributed by atoms with Crippen molar-refractivity contribution in [1.29, 1.82) is 0 Å². The minimum absolute atomic E-state index is 0.0327. The molecule has 0 fully saturated rings. The van der Waals surface area contributed by atoms with Crippen molar-refractivity contribution in [2.24, 2.45) is 0 Å². The molecule has 1 rings (SSSR count). The SMILES string of the molecule is CCN(CC)C(=O)CCNc1nnc(SCC(=O)O)s1. The number of carboxylic acids is 1. The highest BCUT2D eigenvalue weighted by Gasteiger charge is 2.10. The van der Waals surface area contributed by atoms with Crippen LogP contribution in [0.5, 0.6) is 0 Å². The zero-order valence-corrected chi connectivity index (χ0v) is 13.1. The molecule has 0 aliphatic carbocycles. The largest absolute Gasteiger partial charge is 0.481 e. The molecule has 0 aliphatic heterocycles. The summed E-state index contributed by atoms with van der Waals surface area (Å²) in [6.45, 7) is 5.82. The van der Waals surface area contributed by atoms with Gasteiger partial charge in [0.05, 0.1) is 5.75 Å². The molecule has 0 spiro atoms. The van der Waals surface area contributed by atoms with E-state index in [0.29, 0.717) is 35.5 Å². The van der Waals surface area contributed by atoms with Gasteiger partial charge in [-0.1, -0.05) is 23.1 Å². The Bertz CT molecular complexity index is 449. The molecule has 1 aromatic rings. The van der Waals surface area contributed by atoms with E-state index in [1.165, 1.54) is 11.3 Å². The summed E-state index contributed by atoms with van der Waals surface area (Å²) in [5, 5.41) is 19.9. The molecule has 0 radical (unpaired) electrons. The Labute approximate surface area is 125 Å². The van der Waals surface area contributed by atoms with Crippen LogP contribution >= 0.6 is 23.1 Å². The lowest BCUT2D eigenvalue weighted by Gasteiger charge is -2.18. The summed E-state index contributed by atoms with van der Waals surface area (Å²) in [6, 6.07) is 0. The summed E-state index contributed by atoms with van der Waals surface area (Å²) >= 11 is 2.42. The predicted octanol–water partition coefficient (Wildman–Crippen LogP) is 1.39. The minimum Gasteiger partial charge on any atom is -0.481 e. The molecule has 112 valence electrons. The average molecular weight is 318 g/mol. The van der Waals surface area contributed by atoms with Crippen molar-refractivity contribution >= 4 is 40.1 Å². The van der Waals surface area contributed by atoms with Gasteiger partial charge in [-0.15, -0.1) is 10.2 Å². The molecule has 1 amide bonds. The van der Waals surface area contributed by atoms with E-state index in [1.54, 1.807) is 4.90 Å². The van der Waals surface area contributed by atoms with E-state index in [-0.39, 0.29) is 11.7 Å². The fourth-order valence-electron chi connectivity index (χ4n) is 1.47. The molecule has 1 heterocycles. The van der Waals surface area contributed by atoms with Crippen molar-refractivity contribution in [1.82, 2.24) is 15.1 Å². The lowest BCUT2D eigenvalue weighted by Crippen LogP contribution is -2.31. The van der Waals surface area contributed by atoms with Gasteiger partial charge in [0.15, 0.2) is 4.34 Å². The minimum atomic E-state index is -0.885. The number of nitrogens with zero attached hydrogens (tertiary/aromatic N) is 3. The van der Waals surface area contributed by atoms with E-state index in [1.807, 2.05) is 13.8 Å². The molecule has 20 heavy (non-hydrogen) atoms. The number of aliphatic carboxylic acids is 1. The van der Waals surface area contributed by atoms with Crippen LogP contribution in [0.15, 0.2) is 4.34 Å². The number of carbonyl (C=O) groups is 2. The van der Waals surface area contributed by atoms with Crippen molar-refractivity contribution in [3.63, 3.8) is 0 Å². The third-order valence-electron chi connectivity index (χ3n) is 2.46. The summed E-state index contributed by atoms with van der Waals surface area (Å²) in [6.07, 6.45) is 0.402. The van der Waals surface area contributed by atoms with Gasteiger partial charge in [0.1, 0.15) is 0 Å². The number of aromatic nitrogens is 2. The molecule has 0 atom stereocenters. The molecular weight excluding hydrogens is 300 g/mol. The summed E-state index contributed by atoms with van der Waals surface area (Å²) in [4.78, 5) is 24.0. The van der Waals surface area contributed by atoms with Gasteiger partial charge >= 0.3 is 5.97 Å². The molecule has 2 N–H and O–H groups in total. The average Bonchev–Trinajstić information content (AvgIpc) is 2.86. The number of rotatable bonds is 9. The van der Waals surface area contributed by atoms with Crippen LogP contribution in [-0.4, -0.2) is 57.5 Å². The first kappa shape index (κ1) is 16.7. The number of carbonyl (C=O) groups excluding carboxylic acids is 1. The molecule has 0 saturated heterocycles. The third kappa shape index (κ3) is 5.74. The van der Waals surface area contributed by atoms with Gasteiger partial charge in [0, 0.05) is 26.1 Å². The number of hydrogen-bond acceptors (Lipinski definition) is 7. The lowest BCUT2D eigenvalue weighted by molar-refractivity contribution is -0.134. The van der Waals surface area contributed by atoms with Gasteiger partial charge in [-0.2, -0.15) is 0 Å². The number of nitrogens with one attached hydrogen (secondary N) is 1. The van der Waals surface area contributed by atoms with Crippen LogP contribution in [0.25, 0.3) is 0 Å². The smallest absolute Gasteiger partial charge is 0.313 e. The van der Waals surface area contributed by atoms with E-state index in [2.05, 4.69) is 15.5 Å². The van der Waals surface area contributed by atoms with Crippen LogP contribution in [0.1, 0.15) is 20.3 Å². The number of carboxylic acid groups (broad SMARTS) is 1. The third-order valence-corrected chi connectivity index (χ3v) is 4.46. The fraction of sp³-hybridized carbons (Fsp3) is 0.636. The van der Waals surface area contributed by atoms with Crippen LogP contribution in [0.3, 0.4) is 0 Å². The fourth-order valence-corrected chi connectivity index (χ4v) is 2.97. The number of thioether (sulfide) groups is 1. The summed E-state index contributed by atoms with van der Waals surface area (Å²) in [5.41, 5.74) is 0. The van der Waals surface area contributed by atoms with Crippen molar-refractivity contribution in [2.75, 3.05) is 30.7 Å².